The first-order valence-corrected chi connectivity index (χ1v) is 8.86. The molecule has 126 valence electrons. The fraction of sp³-hybridized carbons (Fsp3) is 0.474. The molecule has 0 bridgehead atoms. The second-order valence-electron chi connectivity index (χ2n) is 6.53. The van der Waals surface area contributed by atoms with Crippen molar-refractivity contribution in [2.75, 3.05) is 43.1 Å². The minimum absolute atomic E-state index is 0.419. The van der Waals surface area contributed by atoms with Gasteiger partial charge in [0.05, 0.1) is 12.3 Å². The Kier molecular flexibility index (Phi) is 4.60. The zero-order valence-corrected chi connectivity index (χ0v) is 13.9. The minimum atomic E-state index is 0.419. The van der Waals surface area contributed by atoms with E-state index >= 15 is 0 Å². The number of aromatic nitrogens is 2. The fourth-order valence-electron chi connectivity index (χ4n) is 3.62. The van der Waals surface area contributed by atoms with Crippen molar-refractivity contribution >= 4 is 11.5 Å². The summed E-state index contributed by atoms with van der Waals surface area (Å²) in [6.07, 6.45) is 5.14. The Hall–Kier alpha value is -2.14. The Morgan fingerprint density at radius 2 is 2.21 bits per heavy atom. The van der Waals surface area contributed by atoms with Crippen molar-refractivity contribution in [3.8, 4) is 0 Å². The highest BCUT2D eigenvalue weighted by molar-refractivity contribution is 5.55. The van der Waals surface area contributed by atoms with Crippen molar-refractivity contribution in [3.05, 3.63) is 47.9 Å². The molecule has 0 amide bonds. The predicted octanol–water partition coefficient (Wildman–Crippen LogP) is 2.85. The largest absolute Gasteiger partial charge is 0.381 e. The molecule has 1 atom stereocenters. The van der Waals surface area contributed by atoms with Crippen LogP contribution in [0.5, 0.6) is 0 Å². The van der Waals surface area contributed by atoms with Gasteiger partial charge in [-0.2, -0.15) is 0 Å². The van der Waals surface area contributed by atoms with Gasteiger partial charge in [0.1, 0.15) is 12.1 Å². The molecule has 0 radical (unpaired) electrons. The summed E-state index contributed by atoms with van der Waals surface area (Å²) in [6.45, 7) is 4.62. The van der Waals surface area contributed by atoms with E-state index in [0.717, 1.165) is 50.8 Å². The Labute approximate surface area is 143 Å². The molecule has 5 heteroatoms. The SMILES string of the molecule is c1ccc2c(c1)CCCN2CCNc1cc([C@H]2CCOC2)ncn1. The summed E-state index contributed by atoms with van der Waals surface area (Å²) >= 11 is 0. The van der Waals surface area contributed by atoms with Gasteiger partial charge >= 0.3 is 0 Å². The average molecular weight is 324 g/mol. The van der Waals surface area contributed by atoms with Crippen LogP contribution in [-0.2, 0) is 11.2 Å². The molecule has 4 rings (SSSR count). The van der Waals surface area contributed by atoms with Crippen LogP contribution in [-0.4, -0.2) is 42.8 Å². The quantitative estimate of drug-likeness (QED) is 0.916. The summed E-state index contributed by atoms with van der Waals surface area (Å²) in [6, 6.07) is 10.8. The lowest BCUT2D eigenvalue weighted by molar-refractivity contribution is 0.193. The highest BCUT2D eigenvalue weighted by Crippen LogP contribution is 2.26. The van der Waals surface area contributed by atoms with Gasteiger partial charge < -0.3 is 15.0 Å². The van der Waals surface area contributed by atoms with Crippen LogP contribution in [0.15, 0.2) is 36.7 Å². The Balaban J connectivity index is 1.35. The third-order valence-electron chi connectivity index (χ3n) is 4.93. The van der Waals surface area contributed by atoms with E-state index in [1.807, 2.05) is 0 Å². The van der Waals surface area contributed by atoms with Crippen LogP contribution in [0.3, 0.4) is 0 Å². The molecular formula is C19H24N4O. The van der Waals surface area contributed by atoms with Gasteiger partial charge in [0.25, 0.3) is 0 Å². The molecule has 2 aliphatic heterocycles. The number of anilines is 2. The standard InChI is InChI=1S/C19H24N4O/c1-2-6-18-15(4-1)5-3-9-23(18)10-8-20-19-12-17(21-14-22-19)16-7-11-24-13-16/h1-2,4,6,12,14,16H,3,5,7-11,13H2,(H,20,21,22)/t16-/m0/s1. The zero-order chi connectivity index (χ0) is 16.2. The van der Waals surface area contributed by atoms with Crippen LogP contribution < -0.4 is 10.2 Å². The van der Waals surface area contributed by atoms with E-state index in [0.29, 0.717) is 5.92 Å². The Morgan fingerprint density at radius 3 is 3.12 bits per heavy atom. The van der Waals surface area contributed by atoms with Gasteiger partial charge in [-0.25, -0.2) is 9.97 Å². The number of nitrogens with zero attached hydrogens (tertiary/aromatic N) is 3. The van der Waals surface area contributed by atoms with E-state index in [4.69, 9.17) is 4.74 Å². The molecule has 1 N–H and O–H groups in total. The van der Waals surface area contributed by atoms with Crippen LogP contribution in [0, 0.1) is 0 Å². The maximum Gasteiger partial charge on any atom is 0.129 e. The summed E-state index contributed by atoms with van der Waals surface area (Å²) in [7, 11) is 0. The second-order valence-corrected chi connectivity index (χ2v) is 6.53. The molecule has 1 saturated heterocycles. The monoisotopic (exact) mass is 324 g/mol. The molecule has 1 fully saturated rings. The normalized spacial score (nSPS) is 20.0. The number of para-hydroxylation sites is 1. The van der Waals surface area contributed by atoms with Gasteiger partial charge in [-0.1, -0.05) is 18.2 Å². The molecule has 5 nitrogen and oxygen atoms in total. The van der Waals surface area contributed by atoms with Crippen molar-refractivity contribution in [2.24, 2.45) is 0 Å². The molecule has 2 aliphatic rings. The van der Waals surface area contributed by atoms with Crippen molar-refractivity contribution < 1.29 is 4.74 Å². The number of benzene rings is 1. The fourth-order valence-corrected chi connectivity index (χ4v) is 3.62. The van der Waals surface area contributed by atoms with Crippen molar-refractivity contribution in [3.63, 3.8) is 0 Å². The first kappa shape index (κ1) is 15.4. The molecule has 1 aromatic heterocycles. The van der Waals surface area contributed by atoms with Crippen LogP contribution in [0.4, 0.5) is 11.5 Å². The van der Waals surface area contributed by atoms with Crippen LogP contribution in [0.2, 0.25) is 0 Å². The lowest BCUT2D eigenvalue weighted by atomic mass is 10.0. The molecule has 2 aromatic rings. The van der Waals surface area contributed by atoms with E-state index in [1.54, 1.807) is 6.33 Å². The van der Waals surface area contributed by atoms with Gasteiger partial charge in [0.15, 0.2) is 0 Å². The molecule has 0 spiro atoms. The van der Waals surface area contributed by atoms with Gasteiger partial charge in [0, 0.05) is 43.9 Å². The van der Waals surface area contributed by atoms with Gasteiger partial charge in [-0.15, -0.1) is 0 Å². The Morgan fingerprint density at radius 1 is 1.25 bits per heavy atom. The Bertz CT molecular complexity index is 685. The number of ether oxygens (including phenoxy) is 1. The van der Waals surface area contributed by atoms with Gasteiger partial charge in [-0.05, 0) is 30.9 Å². The zero-order valence-electron chi connectivity index (χ0n) is 13.9. The summed E-state index contributed by atoms with van der Waals surface area (Å²) < 4.78 is 5.46. The van der Waals surface area contributed by atoms with E-state index in [9.17, 15) is 0 Å². The molecule has 0 saturated carbocycles. The topological polar surface area (TPSA) is 50.3 Å². The maximum atomic E-state index is 5.46. The van der Waals surface area contributed by atoms with Crippen LogP contribution in [0.1, 0.15) is 30.0 Å². The van der Waals surface area contributed by atoms with Crippen molar-refractivity contribution in [1.29, 1.82) is 0 Å². The molecule has 1 aromatic carbocycles. The second kappa shape index (κ2) is 7.18. The van der Waals surface area contributed by atoms with E-state index in [-0.39, 0.29) is 0 Å². The van der Waals surface area contributed by atoms with Crippen LogP contribution >= 0.6 is 0 Å². The first-order chi connectivity index (χ1) is 11.9. The number of hydrogen-bond acceptors (Lipinski definition) is 5. The maximum absolute atomic E-state index is 5.46. The highest BCUT2D eigenvalue weighted by Gasteiger charge is 2.19. The van der Waals surface area contributed by atoms with Gasteiger partial charge in [0.2, 0.25) is 0 Å². The molecule has 0 aliphatic carbocycles. The number of rotatable bonds is 5. The predicted molar refractivity (Wildman–Crippen MR) is 95.7 cm³/mol. The third kappa shape index (κ3) is 3.36. The summed E-state index contributed by atoms with van der Waals surface area (Å²) in [5.41, 5.74) is 3.94. The van der Waals surface area contributed by atoms with Crippen molar-refractivity contribution in [1.82, 2.24) is 9.97 Å². The minimum Gasteiger partial charge on any atom is -0.381 e. The lowest BCUT2D eigenvalue weighted by Crippen LogP contribution is -2.33. The third-order valence-corrected chi connectivity index (χ3v) is 4.93. The molecular weight excluding hydrogens is 300 g/mol. The number of hydrogen-bond donors (Lipinski definition) is 1. The summed E-state index contributed by atoms with van der Waals surface area (Å²) in [4.78, 5) is 11.2. The van der Waals surface area contributed by atoms with E-state index in [2.05, 4.69) is 50.5 Å². The van der Waals surface area contributed by atoms with E-state index < -0.39 is 0 Å². The summed E-state index contributed by atoms with van der Waals surface area (Å²) in [5.74, 6) is 1.33. The van der Waals surface area contributed by atoms with Crippen LogP contribution in [0.25, 0.3) is 0 Å². The lowest BCUT2D eigenvalue weighted by Gasteiger charge is -2.31. The van der Waals surface area contributed by atoms with Gasteiger partial charge in [-0.3, -0.25) is 0 Å². The van der Waals surface area contributed by atoms with E-state index in [1.165, 1.54) is 24.1 Å². The number of fused-ring (bicyclic) bond motifs is 1. The molecule has 24 heavy (non-hydrogen) atoms. The molecule has 3 heterocycles. The first-order valence-electron chi connectivity index (χ1n) is 8.86. The summed E-state index contributed by atoms with van der Waals surface area (Å²) in [5, 5.41) is 3.45. The number of nitrogens with one attached hydrogen (secondary N) is 1. The highest BCUT2D eigenvalue weighted by atomic mass is 16.5. The average Bonchev–Trinajstić information content (AvgIpc) is 3.17. The number of aryl methyl sites for hydroxylation is 1. The van der Waals surface area contributed by atoms with Crippen molar-refractivity contribution in [2.45, 2.75) is 25.2 Å². The molecule has 0 unspecified atom stereocenters. The smallest absolute Gasteiger partial charge is 0.129 e.